The Morgan fingerprint density at radius 3 is 0.830 bits per heavy atom. The summed E-state index contributed by atoms with van der Waals surface area (Å²) in [7, 11) is 0. The van der Waals surface area contributed by atoms with E-state index in [0.717, 1.165) is 33.4 Å². The molecule has 0 N–H and O–H groups in total. The van der Waals surface area contributed by atoms with Crippen molar-refractivity contribution < 1.29 is 0 Å². The molecule has 3 heterocycles. The van der Waals surface area contributed by atoms with E-state index in [0.29, 0.717) is 0 Å². The van der Waals surface area contributed by atoms with Crippen LogP contribution in [0.25, 0.3) is 231 Å². The van der Waals surface area contributed by atoms with Crippen molar-refractivity contribution in [1.29, 1.82) is 0 Å². The van der Waals surface area contributed by atoms with Gasteiger partial charge in [-0.25, -0.2) is 9.97 Å². The molecule has 0 bridgehead atoms. The van der Waals surface area contributed by atoms with E-state index < -0.39 is 0 Å². The zero-order chi connectivity index (χ0) is 90.4. The molecule has 5 nitrogen and oxygen atoms in total. The number of aromatic nitrogens is 5. The fourth-order valence-electron chi connectivity index (χ4n) is 23.2. The van der Waals surface area contributed by atoms with E-state index in [4.69, 9.17) is 15.0 Å². The summed E-state index contributed by atoms with van der Waals surface area (Å²) >= 11 is 0. The molecule has 0 unspecified atom stereocenters. The van der Waals surface area contributed by atoms with Gasteiger partial charge in [-0.15, -0.1) is 0 Å². The molecule has 0 aliphatic heterocycles. The maximum atomic E-state index is 4.80. The Morgan fingerprint density at radius 2 is 0.452 bits per heavy atom. The highest BCUT2D eigenvalue weighted by atomic mass is 14.9. The maximum Gasteiger partial charge on any atom is 0.160 e. The summed E-state index contributed by atoms with van der Waals surface area (Å²) < 4.78 is 0. The van der Waals surface area contributed by atoms with Crippen molar-refractivity contribution in [3.63, 3.8) is 0 Å². The van der Waals surface area contributed by atoms with E-state index in [2.05, 4.69) is 446 Å². The van der Waals surface area contributed by atoms with Crippen LogP contribution in [0.1, 0.15) is 74.9 Å². The summed E-state index contributed by atoms with van der Waals surface area (Å²) in [5.74, 6) is 0.744. The first-order chi connectivity index (χ1) is 66.3. The summed E-state index contributed by atoms with van der Waals surface area (Å²) in [5, 5.41) is 22.1. The van der Waals surface area contributed by atoms with Crippen LogP contribution in [0, 0.1) is 0 Å². The van der Waals surface area contributed by atoms with Gasteiger partial charge in [0.2, 0.25) is 0 Å². The minimum atomic E-state index is -0.0839. The molecule has 24 aromatic rings. The molecular formula is C130H91N5. The van der Waals surface area contributed by atoms with Crippen LogP contribution in [0.3, 0.4) is 0 Å². The lowest BCUT2D eigenvalue weighted by atomic mass is 9.80. The molecule has 135 heavy (non-hydrogen) atoms. The van der Waals surface area contributed by atoms with Crippen LogP contribution >= 0.6 is 0 Å². The molecule has 636 valence electrons. The van der Waals surface area contributed by atoms with Gasteiger partial charge in [0.15, 0.2) is 5.82 Å². The van der Waals surface area contributed by atoms with Gasteiger partial charge >= 0.3 is 0 Å². The minimum absolute atomic E-state index is 0.0708. The third kappa shape index (κ3) is 13.0. The lowest BCUT2D eigenvalue weighted by molar-refractivity contribution is 0.660. The van der Waals surface area contributed by atoms with E-state index in [1.165, 1.54) is 231 Å². The first-order valence-corrected chi connectivity index (χ1v) is 46.9. The summed E-state index contributed by atoms with van der Waals surface area (Å²) in [6.07, 6.45) is 12.9. The van der Waals surface area contributed by atoms with Crippen molar-refractivity contribution in [1.82, 2.24) is 24.9 Å². The lowest BCUT2D eigenvalue weighted by Gasteiger charge is -2.23. The van der Waals surface area contributed by atoms with Gasteiger partial charge in [-0.2, -0.15) is 0 Å². The summed E-state index contributed by atoms with van der Waals surface area (Å²) in [4.78, 5) is 23.1. The molecule has 0 radical (unpaired) electrons. The molecule has 3 aromatic heterocycles. The Morgan fingerprint density at radius 1 is 0.163 bits per heavy atom. The number of pyridine rings is 1. The SMILES string of the molecule is CC1(C)c2ccccc2-c2ccc(-c3c4ccccc4c(-c4ccncc4)c4ccc(-c5cccc6ccccc56)cc34)cc21.CC1(C)c2ccccc2-c2ccc(-c3c4ccccc4c(-c4cnccn4)c4ccc(-c5cccc6ccccc56)cc34)cc21.CC1(C)c2ccccc2-c2ccc(-c3c4ccccc4c(-c4ncccn4)c4ccc(-c5cccc6ccccc56)cc34)cc21. The molecule has 0 spiro atoms. The van der Waals surface area contributed by atoms with Gasteiger partial charge in [-0.1, -0.05) is 387 Å². The Hall–Kier alpha value is -16.7. The molecule has 5 heteroatoms. The van der Waals surface area contributed by atoms with Crippen LogP contribution in [-0.2, 0) is 16.2 Å². The Kier molecular flexibility index (Phi) is 18.9. The molecule has 0 fully saturated rings. The number of rotatable bonds is 9. The van der Waals surface area contributed by atoms with Gasteiger partial charge < -0.3 is 0 Å². The van der Waals surface area contributed by atoms with Gasteiger partial charge in [0.25, 0.3) is 0 Å². The topological polar surface area (TPSA) is 64.5 Å². The van der Waals surface area contributed by atoms with Crippen LogP contribution in [0.5, 0.6) is 0 Å². The van der Waals surface area contributed by atoms with Crippen molar-refractivity contribution in [3.05, 3.63) is 477 Å². The Balaban J connectivity index is 0.000000108. The molecule has 21 aromatic carbocycles. The van der Waals surface area contributed by atoms with Crippen molar-refractivity contribution >= 4 is 97.0 Å². The number of fused-ring (bicyclic) bond motifs is 18. The second-order valence-electron chi connectivity index (χ2n) is 37.9. The van der Waals surface area contributed by atoms with E-state index in [1.54, 1.807) is 12.4 Å². The average Bonchev–Trinajstić information content (AvgIpc) is 1.67. The first-order valence-electron chi connectivity index (χ1n) is 46.9. The Labute approximate surface area is 785 Å². The van der Waals surface area contributed by atoms with Crippen LogP contribution in [0.2, 0.25) is 0 Å². The predicted molar refractivity (Wildman–Crippen MR) is 567 cm³/mol. The highest BCUT2D eigenvalue weighted by Crippen LogP contribution is 2.57. The highest BCUT2D eigenvalue weighted by Gasteiger charge is 2.39. The van der Waals surface area contributed by atoms with E-state index in [9.17, 15) is 0 Å². The van der Waals surface area contributed by atoms with Gasteiger partial charge in [-0.05, 0) is 296 Å². The van der Waals surface area contributed by atoms with Crippen molar-refractivity contribution in [3.8, 4) is 134 Å². The lowest BCUT2D eigenvalue weighted by Crippen LogP contribution is -2.14. The van der Waals surface area contributed by atoms with Crippen LogP contribution in [0.4, 0.5) is 0 Å². The predicted octanol–water partition coefficient (Wildman–Crippen LogP) is 34.3. The highest BCUT2D eigenvalue weighted by molar-refractivity contribution is 6.26. The summed E-state index contributed by atoms with van der Waals surface area (Å²) in [6, 6.07) is 147. The molecular weight excluding hydrogens is 1630 g/mol. The number of hydrogen-bond donors (Lipinski definition) is 0. The monoisotopic (exact) mass is 1720 g/mol. The zero-order valence-corrected chi connectivity index (χ0v) is 75.9. The normalized spacial score (nSPS) is 13.3. The second-order valence-corrected chi connectivity index (χ2v) is 37.9. The van der Waals surface area contributed by atoms with Crippen molar-refractivity contribution in [2.45, 2.75) is 57.8 Å². The summed E-state index contributed by atoms with van der Waals surface area (Å²) in [5.41, 5.74) is 36.5. The van der Waals surface area contributed by atoms with Gasteiger partial charge in [0, 0.05) is 64.6 Å². The minimum Gasteiger partial charge on any atom is -0.265 e. The Bertz CT molecular complexity index is 8170. The molecule has 0 saturated heterocycles. The van der Waals surface area contributed by atoms with Crippen molar-refractivity contribution in [2.75, 3.05) is 0 Å². The number of hydrogen-bond acceptors (Lipinski definition) is 5. The van der Waals surface area contributed by atoms with E-state index in [-0.39, 0.29) is 16.2 Å². The number of nitrogens with zero attached hydrogens (tertiary/aromatic N) is 5. The largest absolute Gasteiger partial charge is 0.265 e. The molecule has 3 aliphatic carbocycles. The van der Waals surface area contributed by atoms with E-state index >= 15 is 0 Å². The maximum absolute atomic E-state index is 4.80. The summed E-state index contributed by atoms with van der Waals surface area (Å²) in [6.45, 7) is 14.1. The average molecular weight is 1720 g/mol. The fraction of sp³-hybridized carbons (Fsp3) is 0.0692. The molecule has 3 aliphatic rings. The standard InChI is InChI=1S/C44H31N.2C43H30N2/c1-44(2)40-17-8-7-13-34(40)35-20-19-31(27-41(35)44)43-37-15-6-5-14-36(37)42(29-22-24-45-25-23-29)38-21-18-30(26-39(38)43)33-16-9-11-28-10-3-4-12-32(28)33;1-43(2)38-18-8-7-14-32(38)33-21-20-29(26-39(33)43)40-34-15-5-6-16-35(34)41(42-44-23-10-24-45-42)36-22-19-28(25-37(36)40)31-17-9-12-27-11-3-4-13-30(27)31;1-43(2)38-17-8-7-13-32(38)33-20-19-29(25-39(33)43)41-34-14-5-6-15-35(34)42(40-26-44-22-23-45-40)36-21-18-28(24-37(36)41)31-16-9-11-27-10-3-4-12-30(27)31/h3-27H,1-2H3;2*3-26H,1-2H3. The van der Waals surface area contributed by atoms with Gasteiger partial charge in [-0.3, -0.25) is 15.0 Å². The third-order valence-corrected chi connectivity index (χ3v) is 29.6. The molecule has 0 saturated carbocycles. The van der Waals surface area contributed by atoms with Gasteiger partial charge in [0.1, 0.15) is 0 Å². The fourth-order valence-corrected chi connectivity index (χ4v) is 23.2. The smallest absolute Gasteiger partial charge is 0.160 e. The molecule has 0 atom stereocenters. The van der Waals surface area contributed by atoms with E-state index in [1.807, 2.05) is 37.1 Å². The third-order valence-electron chi connectivity index (χ3n) is 29.6. The second kappa shape index (κ2) is 31.8. The quantitative estimate of drug-likeness (QED) is 0.135. The zero-order valence-electron chi connectivity index (χ0n) is 75.9. The number of benzene rings is 21. The van der Waals surface area contributed by atoms with Crippen LogP contribution < -0.4 is 0 Å². The van der Waals surface area contributed by atoms with Crippen LogP contribution in [-0.4, -0.2) is 24.9 Å². The van der Waals surface area contributed by atoms with Crippen LogP contribution in [0.15, 0.2) is 444 Å². The van der Waals surface area contributed by atoms with Gasteiger partial charge in [0.05, 0.1) is 11.9 Å². The molecule has 0 amide bonds. The molecule has 27 rings (SSSR count). The first kappa shape index (κ1) is 80.4. The van der Waals surface area contributed by atoms with Crippen molar-refractivity contribution in [2.24, 2.45) is 0 Å².